The van der Waals surface area contributed by atoms with E-state index in [1.165, 1.54) is 0 Å². The fourth-order valence-corrected chi connectivity index (χ4v) is 3.12. The first-order chi connectivity index (χ1) is 16.5. The normalized spacial score (nSPS) is 11.7. The van der Waals surface area contributed by atoms with Crippen molar-refractivity contribution in [2.24, 2.45) is 5.10 Å². The van der Waals surface area contributed by atoms with Gasteiger partial charge in [-0.2, -0.15) is 18.3 Å². The Bertz CT molecular complexity index is 1260. The van der Waals surface area contributed by atoms with Crippen molar-refractivity contribution in [1.82, 2.24) is 5.43 Å². The number of hydrogen-bond donors (Lipinski definition) is 2. The third-order valence-electron chi connectivity index (χ3n) is 5.00. The van der Waals surface area contributed by atoms with Crippen LogP contribution in [0.1, 0.15) is 29.2 Å². The van der Waals surface area contributed by atoms with Gasteiger partial charge >= 0.3 is 18.0 Å². The number of rotatable bonds is 6. The Morgan fingerprint density at radius 3 is 2.34 bits per heavy atom. The van der Waals surface area contributed by atoms with E-state index in [1.54, 1.807) is 31.2 Å². The number of aryl methyl sites for hydroxylation is 1. The molecule has 10 heteroatoms. The number of anilines is 1. The molecule has 0 fully saturated rings. The Hall–Kier alpha value is -3.85. The molecule has 2 amide bonds. The third kappa shape index (κ3) is 7.07. The minimum atomic E-state index is -4.63. The van der Waals surface area contributed by atoms with Crippen LogP contribution in [0.15, 0.2) is 71.8 Å². The highest BCUT2D eigenvalue weighted by molar-refractivity contribution is 6.41. The van der Waals surface area contributed by atoms with E-state index in [0.717, 1.165) is 23.3 Å². The standard InChI is InChI=1S/C25H21ClF3N3O3/c1-15-5-3-4-6-18(15)14-35-20-10-7-17(8-11-20)16(2)31-32-24(34)23(33)30-22-13-19(25(27,28)29)9-12-21(22)26/h3-13H,14H2,1-2H3,(H,30,33)(H,32,34)/b31-16+. The number of carbonyl (C=O) groups is 2. The number of ether oxygens (including phenoxy) is 1. The molecule has 0 radical (unpaired) electrons. The quantitative estimate of drug-likeness (QED) is 0.256. The average molecular weight is 504 g/mol. The Balaban J connectivity index is 1.58. The maximum atomic E-state index is 12.9. The molecule has 3 aromatic rings. The molecule has 0 aliphatic carbocycles. The highest BCUT2D eigenvalue weighted by atomic mass is 35.5. The molecule has 2 N–H and O–H groups in total. The highest BCUT2D eigenvalue weighted by Gasteiger charge is 2.31. The van der Waals surface area contributed by atoms with Gasteiger partial charge in [0, 0.05) is 0 Å². The Morgan fingerprint density at radius 2 is 1.69 bits per heavy atom. The smallest absolute Gasteiger partial charge is 0.416 e. The van der Waals surface area contributed by atoms with Crippen molar-refractivity contribution in [3.05, 3.63) is 94.0 Å². The van der Waals surface area contributed by atoms with E-state index < -0.39 is 23.6 Å². The van der Waals surface area contributed by atoms with Crippen molar-refractivity contribution < 1.29 is 27.5 Å². The minimum absolute atomic E-state index is 0.149. The van der Waals surface area contributed by atoms with Crippen LogP contribution in [0.5, 0.6) is 5.75 Å². The topological polar surface area (TPSA) is 79.8 Å². The van der Waals surface area contributed by atoms with Crippen LogP contribution in [0, 0.1) is 6.92 Å². The van der Waals surface area contributed by atoms with E-state index in [1.807, 2.05) is 31.2 Å². The third-order valence-corrected chi connectivity index (χ3v) is 5.33. The van der Waals surface area contributed by atoms with Gasteiger partial charge in [-0.05, 0) is 73.0 Å². The van der Waals surface area contributed by atoms with Gasteiger partial charge in [0.15, 0.2) is 0 Å². The summed E-state index contributed by atoms with van der Waals surface area (Å²) in [5, 5.41) is 5.78. The summed E-state index contributed by atoms with van der Waals surface area (Å²) in [4.78, 5) is 24.1. The zero-order valence-electron chi connectivity index (χ0n) is 18.7. The lowest BCUT2D eigenvalue weighted by Crippen LogP contribution is -2.33. The van der Waals surface area contributed by atoms with E-state index in [4.69, 9.17) is 16.3 Å². The summed E-state index contributed by atoms with van der Waals surface area (Å²) in [5.74, 6) is -1.75. The van der Waals surface area contributed by atoms with Crippen molar-refractivity contribution in [2.75, 3.05) is 5.32 Å². The van der Waals surface area contributed by atoms with Crippen LogP contribution in [0.25, 0.3) is 0 Å². The van der Waals surface area contributed by atoms with Crippen LogP contribution in [0.2, 0.25) is 5.02 Å². The fourth-order valence-electron chi connectivity index (χ4n) is 2.95. The second-order valence-corrected chi connectivity index (χ2v) is 7.93. The minimum Gasteiger partial charge on any atom is -0.489 e. The average Bonchev–Trinajstić information content (AvgIpc) is 2.82. The number of benzene rings is 3. The van der Waals surface area contributed by atoms with Crippen molar-refractivity contribution in [2.45, 2.75) is 26.6 Å². The number of hydrogen-bond acceptors (Lipinski definition) is 4. The van der Waals surface area contributed by atoms with Crippen molar-refractivity contribution in [3.63, 3.8) is 0 Å². The van der Waals surface area contributed by atoms with Crippen molar-refractivity contribution in [3.8, 4) is 5.75 Å². The Kier molecular flexibility index (Phi) is 8.14. The summed E-state index contributed by atoms with van der Waals surface area (Å²) in [6.07, 6.45) is -4.63. The van der Waals surface area contributed by atoms with E-state index in [-0.39, 0.29) is 10.7 Å². The second kappa shape index (κ2) is 11.1. The molecule has 0 saturated heterocycles. The second-order valence-electron chi connectivity index (χ2n) is 7.52. The molecule has 0 aliphatic rings. The van der Waals surface area contributed by atoms with Gasteiger partial charge in [-0.3, -0.25) is 9.59 Å². The molecule has 0 saturated carbocycles. The van der Waals surface area contributed by atoms with Gasteiger partial charge in [-0.25, -0.2) is 5.43 Å². The van der Waals surface area contributed by atoms with Crippen LogP contribution >= 0.6 is 11.6 Å². The molecule has 0 heterocycles. The lowest BCUT2D eigenvalue weighted by atomic mass is 10.1. The summed E-state index contributed by atoms with van der Waals surface area (Å²) < 4.78 is 44.4. The Labute approximate surface area is 204 Å². The number of nitrogens with one attached hydrogen (secondary N) is 2. The summed E-state index contributed by atoms with van der Waals surface area (Å²) in [6, 6.07) is 17.2. The van der Waals surface area contributed by atoms with E-state index in [2.05, 4.69) is 15.8 Å². The molecule has 0 bridgehead atoms. The van der Waals surface area contributed by atoms with Crippen molar-refractivity contribution in [1.29, 1.82) is 0 Å². The molecular weight excluding hydrogens is 483 g/mol. The zero-order valence-corrected chi connectivity index (χ0v) is 19.5. The van der Waals surface area contributed by atoms with Gasteiger partial charge in [0.1, 0.15) is 12.4 Å². The van der Waals surface area contributed by atoms with E-state index in [9.17, 15) is 22.8 Å². The predicted octanol–water partition coefficient (Wildman–Crippen LogP) is 5.73. The summed E-state index contributed by atoms with van der Waals surface area (Å²) >= 11 is 5.83. The number of nitrogens with zero attached hydrogens (tertiary/aromatic N) is 1. The number of alkyl halides is 3. The molecule has 0 atom stereocenters. The lowest BCUT2D eigenvalue weighted by Gasteiger charge is -2.11. The van der Waals surface area contributed by atoms with Gasteiger partial charge < -0.3 is 10.1 Å². The van der Waals surface area contributed by atoms with Crippen LogP contribution in [0.3, 0.4) is 0 Å². The first-order valence-electron chi connectivity index (χ1n) is 10.3. The van der Waals surface area contributed by atoms with Crippen LogP contribution in [0.4, 0.5) is 18.9 Å². The predicted molar refractivity (Wildman–Crippen MR) is 127 cm³/mol. The molecule has 35 heavy (non-hydrogen) atoms. The largest absolute Gasteiger partial charge is 0.489 e. The molecular formula is C25H21ClF3N3O3. The van der Waals surface area contributed by atoms with E-state index in [0.29, 0.717) is 29.7 Å². The first kappa shape index (κ1) is 25.8. The van der Waals surface area contributed by atoms with Gasteiger partial charge in [-0.1, -0.05) is 35.9 Å². The number of hydrazone groups is 1. The molecule has 3 aromatic carbocycles. The SMILES string of the molecule is C/C(=N\NC(=O)C(=O)Nc1cc(C(F)(F)F)ccc1Cl)c1ccc(OCc2ccccc2C)cc1. The molecule has 0 aliphatic heterocycles. The molecule has 182 valence electrons. The zero-order chi connectivity index (χ0) is 25.6. The van der Waals surface area contributed by atoms with Crippen LogP contribution < -0.4 is 15.5 Å². The lowest BCUT2D eigenvalue weighted by molar-refractivity contribution is -0.137. The molecule has 3 rings (SSSR count). The first-order valence-corrected chi connectivity index (χ1v) is 10.7. The fraction of sp³-hybridized carbons (Fsp3) is 0.160. The van der Waals surface area contributed by atoms with Gasteiger partial charge in [0.2, 0.25) is 0 Å². The highest BCUT2D eigenvalue weighted by Crippen LogP contribution is 2.33. The monoisotopic (exact) mass is 503 g/mol. The molecule has 0 unspecified atom stereocenters. The molecule has 0 spiro atoms. The summed E-state index contributed by atoms with van der Waals surface area (Å²) in [6.45, 7) is 4.04. The maximum Gasteiger partial charge on any atom is 0.416 e. The van der Waals surface area contributed by atoms with Crippen LogP contribution in [-0.2, 0) is 22.4 Å². The van der Waals surface area contributed by atoms with Crippen LogP contribution in [-0.4, -0.2) is 17.5 Å². The Morgan fingerprint density at radius 1 is 1.00 bits per heavy atom. The molecule has 6 nitrogen and oxygen atoms in total. The number of halogens is 4. The number of carbonyl (C=O) groups excluding carboxylic acids is 2. The van der Waals surface area contributed by atoms with E-state index >= 15 is 0 Å². The number of amides is 2. The maximum absolute atomic E-state index is 12.9. The van der Waals surface area contributed by atoms with Gasteiger partial charge in [0.05, 0.1) is 22.0 Å². The summed E-state index contributed by atoms with van der Waals surface area (Å²) in [7, 11) is 0. The van der Waals surface area contributed by atoms with Gasteiger partial charge in [-0.15, -0.1) is 0 Å². The molecule has 0 aromatic heterocycles. The van der Waals surface area contributed by atoms with Crippen molar-refractivity contribution >= 4 is 34.8 Å². The summed E-state index contributed by atoms with van der Waals surface area (Å²) in [5.41, 5.74) is 3.97. The van der Waals surface area contributed by atoms with Gasteiger partial charge in [0.25, 0.3) is 0 Å².